The van der Waals surface area contributed by atoms with Crippen LogP contribution < -0.4 is 10.6 Å². The summed E-state index contributed by atoms with van der Waals surface area (Å²) in [5.74, 6) is -0.490. The lowest BCUT2D eigenvalue weighted by Gasteiger charge is -2.50. The van der Waals surface area contributed by atoms with Crippen LogP contribution >= 0.6 is 0 Å². The SMILES string of the molecule is CNC(=O)[C@H]1NC(=O)[C@@H]2CN(Cc3cnco3)CC23CN(C3)C(=O)[C@H]2C([C@H]1OCc1ccccc1)C2(C)C. The maximum Gasteiger partial charge on any atom is 0.245 e. The molecule has 2 N–H and O–H groups in total. The van der Waals surface area contributed by atoms with Crippen molar-refractivity contribution in [2.45, 2.75) is 39.1 Å². The summed E-state index contributed by atoms with van der Waals surface area (Å²) in [5.41, 5.74) is 0.255. The summed E-state index contributed by atoms with van der Waals surface area (Å²) < 4.78 is 11.9. The van der Waals surface area contributed by atoms with Gasteiger partial charge in [-0.3, -0.25) is 19.3 Å². The van der Waals surface area contributed by atoms with Gasteiger partial charge < -0.3 is 24.7 Å². The Kier molecular flexibility index (Phi) is 6.07. The van der Waals surface area contributed by atoms with Gasteiger partial charge in [-0.2, -0.15) is 0 Å². The summed E-state index contributed by atoms with van der Waals surface area (Å²) in [7, 11) is 1.56. The van der Waals surface area contributed by atoms with E-state index in [0.29, 0.717) is 32.7 Å². The molecule has 7 rings (SSSR count). The number of likely N-dealkylation sites (tertiary alicyclic amines) is 1. The quantitative estimate of drug-likeness (QED) is 0.583. The first-order valence-electron chi connectivity index (χ1n) is 13.3. The third-order valence-electron chi connectivity index (χ3n) is 9.19. The third kappa shape index (κ3) is 4.10. The molecule has 10 heteroatoms. The number of fused-ring (bicyclic) bond motifs is 3. The fourth-order valence-corrected chi connectivity index (χ4v) is 7.12. The summed E-state index contributed by atoms with van der Waals surface area (Å²) in [5, 5.41) is 5.81. The molecule has 2 aromatic rings. The molecule has 1 aromatic carbocycles. The maximum atomic E-state index is 13.9. The van der Waals surface area contributed by atoms with E-state index in [4.69, 9.17) is 9.15 Å². The van der Waals surface area contributed by atoms with Crippen LogP contribution in [-0.4, -0.2) is 77.9 Å². The molecule has 3 amide bonds. The van der Waals surface area contributed by atoms with Gasteiger partial charge in [0.05, 0.1) is 31.4 Å². The van der Waals surface area contributed by atoms with E-state index in [1.165, 1.54) is 6.39 Å². The van der Waals surface area contributed by atoms with Crippen molar-refractivity contribution < 1.29 is 23.5 Å². The first-order valence-corrected chi connectivity index (χ1v) is 13.3. The average molecular weight is 522 g/mol. The monoisotopic (exact) mass is 521 g/mol. The Morgan fingerprint density at radius 1 is 1.21 bits per heavy atom. The molecule has 10 nitrogen and oxygen atoms in total. The zero-order chi connectivity index (χ0) is 26.7. The minimum Gasteiger partial charge on any atom is -0.447 e. The number of hydrogen-bond acceptors (Lipinski definition) is 7. The van der Waals surface area contributed by atoms with Crippen molar-refractivity contribution in [2.75, 3.05) is 33.2 Å². The number of nitrogens with one attached hydrogen (secondary N) is 2. The van der Waals surface area contributed by atoms with E-state index in [0.717, 1.165) is 11.3 Å². The molecule has 5 fully saturated rings. The highest BCUT2D eigenvalue weighted by molar-refractivity contribution is 5.91. The van der Waals surface area contributed by atoms with Crippen LogP contribution in [-0.2, 0) is 32.3 Å². The van der Waals surface area contributed by atoms with Crippen molar-refractivity contribution >= 4 is 17.7 Å². The molecule has 38 heavy (non-hydrogen) atoms. The highest BCUT2D eigenvalue weighted by Gasteiger charge is 2.70. The molecule has 4 aliphatic heterocycles. The number of nitrogens with zero attached hydrogens (tertiary/aromatic N) is 3. The van der Waals surface area contributed by atoms with Gasteiger partial charge in [-0.15, -0.1) is 0 Å². The summed E-state index contributed by atoms with van der Waals surface area (Å²) in [6.45, 7) is 7.20. The normalized spacial score (nSPS) is 31.3. The Morgan fingerprint density at radius 2 is 1.97 bits per heavy atom. The largest absolute Gasteiger partial charge is 0.447 e. The van der Waals surface area contributed by atoms with E-state index in [9.17, 15) is 14.4 Å². The van der Waals surface area contributed by atoms with Gasteiger partial charge in [0.25, 0.3) is 0 Å². The number of aromatic nitrogens is 1. The topological polar surface area (TPSA) is 117 Å². The second-order valence-electron chi connectivity index (χ2n) is 11.9. The van der Waals surface area contributed by atoms with Gasteiger partial charge in [-0.25, -0.2) is 4.98 Å². The van der Waals surface area contributed by atoms with E-state index in [1.807, 2.05) is 35.2 Å². The Labute approximate surface area is 222 Å². The molecule has 1 spiro atoms. The summed E-state index contributed by atoms with van der Waals surface area (Å²) in [6, 6.07) is 8.82. The van der Waals surface area contributed by atoms with Crippen molar-refractivity contribution in [1.29, 1.82) is 0 Å². The van der Waals surface area contributed by atoms with Crippen LogP contribution in [0.2, 0.25) is 0 Å². The van der Waals surface area contributed by atoms with Gasteiger partial charge in [-0.1, -0.05) is 44.2 Å². The highest BCUT2D eigenvalue weighted by atomic mass is 16.5. The van der Waals surface area contributed by atoms with Gasteiger partial charge in [0.2, 0.25) is 17.7 Å². The lowest BCUT2D eigenvalue weighted by Crippen LogP contribution is -2.65. The Hall–Kier alpha value is -3.24. The second kappa shape index (κ2) is 9.20. The van der Waals surface area contributed by atoms with Crippen molar-refractivity contribution in [2.24, 2.45) is 28.6 Å². The van der Waals surface area contributed by atoms with Crippen LogP contribution in [0.1, 0.15) is 25.2 Å². The molecule has 1 aliphatic carbocycles. The number of carbonyl (C=O) groups is 3. The number of ether oxygens (including phenoxy) is 1. The highest BCUT2D eigenvalue weighted by Crippen LogP contribution is 2.63. The second-order valence-corrected chi connectivity index (χ2v) is 11.9. The van der Waals surface area contributed by atoms with Crippen LogP contribution in [0.25, 0.3) is 0 Å². The number of carbonyl (C=O) groups excluding carboxylic acids is 3. The fourth-order valence-electron chi connectivity index (χ4n) is 7.12. The minimum absolute atomic E-state index is 0.0939. The average Bonchev–Trinajstić information content (AvgIpc) is 3.24. The summed E-state index contributed by atoms with van der Waals surface area (Å²) >= 11 is 0. The fraction of sp³-hybridized carbons (Fsp3) is 0.571. The number of hydrogen-bond donors (Lipinski definition) is 2. The molecule has 4 saturated heterocycles. The van der Waals surface area contributed by atoms with Gasteiger partial charge in [0.1, 0.15) is 11.8 Å². The van der Waals surface area contributed by atoms with Crippen LogP contribution in [0.4, 0.5) is 0 Å². The van der Waals surface area contributed by atoms with Gasteiger partial charge in [0, 0.05) is 50.5 Å². The zero-order valence-corrected chi connectivity index (χ0v) is 22.1. The van der Waals surface area contributed by atoms with E-state index >= 15 is 0 Å². The van der Waals surface area contributed by atoms with Crippen molar-refractivity contribution in [3.8, 4) is 0 Å². The molecule has 1 unspecified atom stereocenters. The third-order valence-corrected chi connectivity index (χ3v) is 9.19. The smallest absolute Gasteiger partial charge is 0.245 e. The van der Waals surface area contributed by atoms with Gasteiger partial charge in [0.15, 0.2) is 6.39 Å². The number of benzene rings is 1. The lowest BCUT2D eigenvalue weighted by molar-refractivity contribution is -0.151. The molecule has 0 radical (unpaired) electrons. The summed E-state index contributed by atoms with van der Waals surface area (Å²) in [6.07, 6.45) is 2.43. The van der Waals surface area contributed by atoms with Crippen molar-refractivity contribution in [3.63, 3.8) is 0 Å². The van der Waals surface area contributed by atoms with Gasteiger partial charge in [-0.05, 0) is 11.0 Å². The van der Waals surface area contributed by atoms with Crippen LogP contribution in [0.3, 0.4) is 0 Å². The standard InChI is InChI=1S/C28H35N5O5/c1-27(2)20-21(27)26(36)33-14-28(15-33)13-32(10-18-9-30-16-38-18)11-19(28)24(34)31-22(25(35)29-3)23(20)37-12-17-7-5-4-6-8-17/h4-9,16,19-23H,10-15H2,1-3H3,(H,29,35)(H,31,34)/t19-,20?,21+,22-,23+/m0/s1. The zero-order valence-electron chi connectivity index (χ0n) is 22.1. The molecule has 1 saturated carbocycles. The van der Waals surface area contributed by atoms with E-state index < -0.39 is 12.1 Å². The maximum absolute atomic E-state index is 13.9. The number of amides is 3. The number of rotatable bonds is 6. The Balaban J connectivity index is 1.32. The predicted molar refractivity (Wildman–Crippen MR) is 136 cm³/mol. The molecule has 2 bridgehead atoms. The lowest BCUT2D eigenvalue weighted by atomic mass is 9.71. The first-order chi connectivity index (χ1) is 18.2. The van der Waals surface area contributed by atoms with Crippen LogP contribution in [0, 0.1) is 28.6 Å². The van der Waals surface area contributed by atoms with Gasteiger partial charge >= 0.3 is 0 Å². The molecule has 1 aromatic heterocycles. The predicted octanol–water partition coefficient (Wildman–Crippen LogP) is 1.04. The van der Waals surface area contributed by atoms with E-state index in [1.54, 1.807) is 13.2 Å². The molecule has 5 atom stereocenters. The molecular formula is C28H35N5O5. The van der Waals surface area contributed by atoms with E-state index in [-0.39, 0.29) is 52.9 Å². The molecular weight excluding hydrogens is 486 g/mol. The van der Waals surface area contributed by atoms with Crippen molar-refractivity contribution in [1.82, 2.24) is 25.4 Å². The molecule has 5 heterocycles. The van der Waals surface area contributed by atoms with E-state index in [2.05, 4.69) is 34.4 Å². The van der Waals surface area contributed by atoms with Crippen LogP contribution in [0.15, 0.2) is 47.3 Å². The molecule has 202 valence electrons. The van der Waals surface area contributed by atoms with Crippen LogP contribution in [0.5, 0.6) is 0 Å². The van der Waals surface area contributed by atoms with Crippen molar-refractivity contribution in [3.05, 3.63) is 54.2 Å². The first kappa shape index (κ1) is 25.1. The summed E-state index contributed by atoms with van der Waals surface area (Å²) in [4.78, 5) is 49.0. The number of likely N-dealkylation sites (N-methyl/N-ethyl adjacent to an activating group) is 1. The Bertz CT molecular complexity index is 1210. The molecule has 5 aliphatic rings. The minimum atomic E-state index is -0.913. The Morgan fingerprint density at radius 3 is 2.66 bits per heavy atom. The number of oxazole rings is 1.